The van der Waals surface area contributed by atoms with Crippen molar-refractivity contribution in [3.63, 3.8) is 0 Å². The molecule has 2 aliphatic rings. The van der Waals surface area contributed by atoms with Gasteiger partial charge in [-0.25, -0.2) is 15.0 Å². The molecule has 0 atom stereocenters. The van der Waals surface area contributed by atoms with Crippen LogP contribution in [0.5, 0.6) is 0 Å². The van der Waals surface area contributed by atoms with Crippen LogP contribution in [0.25, 0.3) is 67.5 Å². The van der Waals surface area contributed by atoms with Crippen molar-refractivity contribution in [2.24, 2.45) is 0 Å². The van der Waals surface area contributed by atoms with Crippen LogP contribution >= 0.6 is 11.8 Å². The van der Waals surface area contributed by atoms with Crippen LogP contribution < -0.4 is 0 Å². The van der Waals surface area contributed by atoms with E-state index in [0.717, 1.165) is 38.9 Å². The Kier molecular flexibility index (Phi) is 7.99. The van der Waals surface area contributed by atoms with Crippen molar-refractivity contribution in [3.05, 3.63) is 222 Å². The third-order valence-corrected chi connectivity index (χ3v) is 12.6. The van der Waals surface area contributed by atoms with Gasteiger partial charge in [0.25, 0.3) is 0 Å². The van der Waals surface area contributed by atoms with E-state index in [1.807, 2.05) is 90.6 Å². The quantitative estimate of drug-likeness (QED) is 0.175. The van der Waals surface area contributed by atoms with Crippen LogP contribution in [0.2, 0.25) is 0 Å². The number of nitriles is 1. The van der Waals surface area contributed by atoms with Crippen molar-refractivity contribution < 1.29 is 0 Å². The standard InChI is InChI=1S/C53H32N4S/c54-33-34-13-11-18-37(29-34)39-25-27-42-43-28-26-40(32-47(43)53(46(42)31-39)44-21-7-9-23-48(44)58-49-24-10-8-22-45(49)53)38-19-12-20-41(30-38)52-56-50(35-14-3-1-4-15-35)55-51(57-52)36-16-5-2-6-17-36/h1-32H. The molecule has 1 aliphatic heterocycles. The number of hydrogen-bond acceptors (Lipinski definition) is 5. The monoisotopic (exact) mass is 756 g/mol. The molecule has 0 fully saturated rings. The summed E-state index contributed by atoms with van der Waals surface area (Å²) in [5, 5.41) is 9.76. The number of nitrogens with zero attached hydrogens (tertiary/aromatic N) is 4. The minimum absolute atomic E-state index is 0.567. The number of hydrogen-bond donors (Lipinski definition) is 0. The molecule has 0 unspecified atom stereocenters. The van der Waals surface area contributed by atoms with Crippen molar-refractivity contribution in [1.29, 1.82) is 5.26 Å². The number of fused-ring (bicyclic) bond motifs is 9. The Morgan fingerprint density at radius 3 is 1.34 bits per heavy atom. The average molecular weight is 757 g/mol. The summed E-state index contributed by atoms with van der Waals surface area (Å²) in [7, 11) is 0. The molecule has 0 N–H and O–H groups in total. The number of rotatable bonds is 5. The van der Waals surface area contributed by atoms with E-state index < -0.39 is 5.41 Å². The molecule has 9 aromatic rings. The lowest BCUT2D eigenvalue weighted by molar-refractivity contribution is 0.723. The molecule has 4 nitrogen and oxygen atoms in total. The smallest absolute Gasteiger partial charge is 0.164 e. The summed E-state index contributed by atoms with van der Waals surface area (Å²) in [4.78, 5) is 17.5. The van der Waals surface area contributed by atoms with Crippen molar-refractivity contribution >= 4 is 11.8 Å². The topological polar surface area (TPSA) is 62.5 Å². The lowest BCUT2D eigenvalue weighted by Crippen LogP contribution is -2.32. The first-order valence-electron chi connectivity index (χ1n) is 19.3. The van der Waals surface area contributed by atoms with Gasteiger partial charge in [-0.05, 0) is 98.1 Å². The molecule has 11 rings (SSSR count). The number of aromatic nitrogens is 3. The van der Waals surface area contributed by atoms with Crippen molar-refractivity contribution in [1.82, 2.24) is 15.0 Å². The first-order valence-corrected chi connectivity index (χ1v) is 20.1. The fraction of sp³-hybridized carbons (Fsp3) is 0.0189. The Bertz CT molecular complexity index is 3010. The molecule has 5 heteroatoms. The maximum absolute atomic E-state index is 9.76. The average Bonchev–Trinajstić information content (AvgIpc) is 3.58. The lowest BCUT2D eigenvalue weighted by Gasteiger charge is -2.40. The zero-order valence-electron chi connectivity index (χ0n) is 31.2. The van der Waals surface area contributed by atoms with Gasteiger partial charge in [0.1, 0.15) is 0 Å². The van der Waals surface area contributed by atoms with Crippen LogP contribution in [-0.4, -0.2) is 15.0 Å². The van der Waals surface area contributed by atoms with Gasteiger partial charge in [0.05, 0.1) is 17.0 Å². The molecule has 8 aromatic carbocycles. The molecule has 1 aromatic heterocycles. The van der Waals surface area contributed by atoms with Crippen molar-refractivity contribution in [2.45, 2.75) is 15.2 Å². The van der Waals surface area contributed by atoms with Gasteiger partial charge in [-0.2, -0.15) is 5.26 Å². The highest BCUT2D eigenvalue weighted by Crippen LogP contribution is 2.63. The van der Waals surface area contributed by atoms with Gasteiger partial charge in [-0.15, -0.1) is 0 Å². The second-order valence-corrected chi connectivity index (χ2v) is 15.8. The molecule has 58 heavy (non-hydrogen) atoms. The van der Waals surface area contributed by atoms with Crippen molar-refractivity contribution in [3.8, 4) is 73.6 Å². The molecule has 0 bridgehead atoms. The first-order chi connectivity index (χ1) is 28.7. The molecular weight excluding hydrogens is 725 g/mol. The molecule has 0 saturated carbocycles. The van der Waals surface area contributed by atoms with Crippen LogP contribution in [0.3, 0.4) is 0 Å². The Balaban J connectivity index is 1.11. The Morgan fingerprint density at radius 1 is 0.362 bits per heavy atom. The molecule has 0 saturated heterocycles. The van der Waals surface area contributed by atoms with Crippen LogP contribution in [0, 0.1) is 11.3 Å². The number of benzene rings is 8. The summed E-state index contributed by atoms with van der Waals surface area (Å²) < 4.78 is 0. The predicted molar refractivity (Wildman–Crippen MR) is 233 cm³/mol. The van der Waals surface area contributed by atoms with E-state index in [1.165, 1.54) is 43.2 Å². The summed E-state index contributed by atoms with van der Waals surface area (Å²) in [6.45, 7) is 0. The Labute approximate surface area is 341 Å². The van der Waals surface area contributed by atoms with Gasteiger partial charge in [0, 0.05) is 26.5 Å². The maximum Gasteiger partial charge on any atom is 0.164 e. The summed E-state index contributed by atoms with van der Waals surface area (Å²) >= 11 is 1.84. The van der Waals surface area contributed by atoms with Gasteiger partial charge < -0.3 is 0 Å². The third kappa shape index (κ3) is 5.42. The highest BCUT2D eigenvalue weighted by molar-refractivity contribution is 7.99. The molecule has 2 heterocycles. The predicted octanol–water partition coefficient (Wildman–Crippen LogP) is 12.9. The minimum Gasteiger partial charge on any atom is -0.208 e. The van der Waals surface area contributed by atoms with Crippen molar-refractivity contribution in [2.75, 3.05) is 0 Å². The van der Waals surface area contributed by atoms with E-state index in [1.54, 1.807) is 0 Å². The molecule has 0 amide bonds. The van der Waals surface area contributed by atoms with E-state index in [-0.39, 0.29) is 0 Å². The zero-order valence-corrected chi connectivity index (χ0v) is 32.0. The van der Waals surface area contributed by atoms with E-state index in [9.17, 15) is 5.26 Å². The molecule has 0 radical (unpaired) electrons. The zero-order chi connectivity index (χ0) is 38.6. The van der Waals surface area contributed by atoms with Crippen LogP contribution in [0.4, 0.5) is 0 Å². The highest BCUT2D eigenvalue weighted by atomic mass is 32.2. The largest absolute Gasteiger partial charge is 0.208 e. The first kappa shape index (κ1) is 33.9. The maximum atomic E-state index is 9.76. The highest BCUT2D eigenvalue weighted by Gasteiger charge is 2.50. The van der Waals surface area contributed by atoms with Gasteiger partial charge in [-0.3, -0.25) is 0 Å². The van der Waals surface area contributed by atoms with E-state index >= 15 is 0 Å². The molecular formula is C53H32N4S. The SMILES string of the molecule is N#Cc1cccc(-c2ccc3c(c2)C2(c4ccccc4Sc4ccccc42)c2cc(-c4cccc(-c5nc(-c6ccccc6)nc(-c6ccccc6)n5)c4)ccc2-3)c1. The van der Waals surface area contributed by atoms with E-state index in [0.29, 0.717) is 23.0 Å². The van der Waals surface area contributed by atoms with Crippen LogP contribution in [0.1, 0.15) is 27.8 Å². The van der Waals surface area contributed by atoms with Gasteiger partial charge in [0.2, 0.25) is 0 Å². The molecule has 1 aliphatic carbocycles. The normalized spacial score (nSPS) is 12.9. The molecule has 270 valence electrons. The van der Waals surface area contributed by atoms with Gasteiger partial charge in [-0.1, -0.05) is 163 Å². The second kappa shape index (κ2) is 13.7. The Hall–Kier alpha value is -7.39. The van der Waals surface area contributed by atoms with Gasteiger partial charge in [0.15, 0.2) is 17.5 Å². The van der Waals surface area contributed by atoms with Crippen LogP contribution in [-0.2, 0) is 5.41 Å². The summed E-state index contributed by atoms with van der Waals surface area (Å²) in [5.41, 5.74) is 14.7. The van der Waals surface area contributed by atoms with E-state index in [2.05, 4.69) is 121 Å². The lowest BCUT2D eigenvalue weighted by atomic mass is 9.67. The minimum atomic E-state index is -0.567. The Morgan fingerprint density at radius 2 is 0.793 bits per heavy atom. The van der Waals surface area contributed by atoms with Gasteiger partial charge >= 0.3 is 0 Å². The summed E-state index contributed by atoms with van der Waals surface area (Å²) in [6, 6.07) is 70.5. The summed E-state index contributed by atoms with van der Waals surface area (Å²) in [5.74, 6) is 1.90. The fourth-order valence-corrected chi connectivity index (χ4v) is 9.99. The third-order valence-electron chi connectivity index (χ3n) is 11.4. The second-order valence-electron chi connectivity index (χ2n) is 14.7. The molecule has 1 spiro atoms. The summed E-state index contributed by atoms with van der Waals surface area (Å²) in [6.07, 6.45) is 0. The van der Waals surface area contributed by atoms with Crippen LogP contribution in [0.15, 0.2) is 204 Å². The fourth-order valence-electron chi connectivity index (χ4n) is 8.80. The van der Waals surface area contributed by atoms with E-state index in [4.69, 9.17) is 15.0 Å².